The van der Waals surface area contributed by atoms with Gasteiger partial charge in [-0.2, -0.15) is 0 Å². The first-order valence-corrected chi connectivity index (χ1v) is 7.52. The van der Waals surface area contributed by atoms with Gasteiger partial charge in [0.1, 0.15) is 11.8 Å². The van der Waals surface area contributed by atoms with Crippen molar-refractivity contribution in [1.29, 1.82) is 0 Å². The summed E-state index contributed by atoms with van der Waals surface area (Å²) in [5.41, 5.74) is 10.1. The SMILES string of the molecule is CC(C)(C)C(=O)[C@@H]1CCCC[C@@H]1C(=O)N[C@@H](CN)C(N)=O. The van der Waals surface area contributed by atoms with Crippen LogP contribution in [0.3, 0.4) is 0 Å². The van der Waals surface area contributed by atoms with Crippen molar-refractivity contribution < 1.29 is 14.4 Å². The van der Waals surface area contributed by atoms with Crippen LogP contribution in [-0.2, 0) is 14.4 Å². The number of carbonyl (C=O) groups is 3. The number of nitrogens with two attached hydrogens (primary N) is 2. The van der Waals surface area contributed by atoms with Crippen molar-refractivity contribution in [2.75, 3.05) is 6.54 Å². The largest absolute Gasteiger partial charge is 0.368 e. The first-order valence-electron chi connectivity index (χ1n) is 7.52. The molecule has 0 aromatic heterocycles. The number of Topliss-reactive ketones (excluding diaryl/α,β-unsaturated/α-hetero) is 1. The number of hydrogen-bond donors (Lipinski definition) is 3. The smallest absolute Gasteiger partial charge is 0.241 e. The summed E-state index contributed by atoms with van der Waals surface area (Å²) in [6.45, 7) is 5.56. The summed E-state index contributed by atoms with van der Waals surface area (Å²) in [6.07, 6.45) is 3.24. The highest BCUT2D eigenvalue weighted by Crippen LogP contribution is 2.35. The summed E-state index contributed by atoms with van der Waals surface area (Å²) in [5, 5.41) is 2.58. The molecule has 0 unspecified atom stereocenters. The molecule has 5 N–H and O–H groups in total. The fourth-order valence-corrected chi connectivity index (χ4v) is 2.84. The second-order valence-corrected chi connectivity index (χ2v) is 6.81. The number of primary amides is 1. The molecule has 1 aliphatic carbocycles. The van der Waals surface area contributed by atoms with Gasteiger partial charge < -0.3 is 16.8 Å². The van der Waals surface area contributed by atoms with Gasteiger partial charge in [0.25, 0.3) is 0 Å². The molecule has 0 heterocycles. The number of amides is 2. The second kappa shape index (κ2) is 7.02. The summed E-state index contributed by atoms with van der Waals surface area (Å²) < 4.78 is 0. The van der Waals surface area contributed by atoms with Crippen LogP contribution in [0.25, 0.3) is 0 Å². The predicted molar refractivity (Wildman–Crippen MR) is 80.1 cm³/mol. The van der Waals surface area contributed by atoms with Crippen LogP contribution in [0.15, 0.2) is 0 Å². The van der Waals surface area contributed by atoms with Crippen LogP contribution in [0.2, 0.25) is 0 Å². The Bertz CT molecular complexity index is 415. The molecule has 1 rings (SSSR count). The van der Waals surface area contributed by atoms with E-state index < -0.39 is 17.4 Å². The highest BCUT2D eigenvalue weighted by molar-refractivity contribution is 5.93. The number of ketones is 1. The lowest BCUT2D eigenvalue weighted by atomic mass is 9.70. The molecule has 0 radical (unpaired) electrons. The van der Waals surface area contributed by atoms with E-state index in [1.807, 2.05) is 20.8 Å². The highest BCUT2D eigenvalue weighted by Gasteiger charge is 2.40. The first-order chi connectivity index (χ1) is 9.68. The van der Waals surface area contributed by atoms with E-state index in [2.05, 4.69) is 5.32 Å². The van der Waals surface area contributed by atoms with Crippen LogP contribution in [-0.4, -0.2) is 30.2 Å². The van der Waals surface area contributed by atoms with E-state index in [4.69, 9.17) is 11.5 Å². The third-order valence-corrected chi connectivity index (χ3v) is 4.07. The van der Waals surface area contributed by atoms with Crippen molar-refractivity contribution in [2.24, 2.45) is 28.7 Å². The van der Waals surface area contributed by atoms with Gasteiger partial charge in [0.15, 0.2) is 0 Å². The lowest BCUT2D eigenvalue weighted by Crippen LogP contribution is -2.52. The first kappa shape index (κ1) is 17.6. The molecule has 0 bridgehead atoms. The molecule has 0 aliphatic heterocycles. The fourth-order valence-electron chi connectivity index (χ4n) is 2.84. The van der Waals surface area contributed by atoms with Crippen molar-refractivity contribution >= 4 is 17.6 Å². The molecule has 0 aromatic rings. The molecule has 0 aromatic carbocycles. The average Bonchev–Trinajstić information content (AvgIpc) is 2.42. The Kier molecular flexibility index (Phi) is 5.89. The van der Waals surface area contributed by atoms with Gasteiger partial charge in [-0.05, 0) is 12.8 Å². The number of nitrogens with one attached hydrogen (secondary N) is 1. The molecular formula is C15H27N3O3. The average molecular weight is 297 g/mol. The van der Waals surface area contributed by atoms with E-state index in [0.717, 1.165) is 19.3 Å². The van der Waals surface area contributed by atoms with Crippen LogP contribution in [0.5, 0.6) is 0 Å². The van der Waals surface area contributed by atoms with Gasteiger partial charge in [0, 0.05) is 23.8 Å². The van der Waals surface area contributed by atoms with Crippen LogP contribution in [0.1, 0.15) is 46.5 Å². The lowest BCUT2D eigenvalue weighted by molar-refractivity contribution is -0.140. The normalized spacial score (nSPS) is 24.2. The van der Waals surface area contributed by atoms with E-state index in [0.29, 0.717) is 6.42 Å². The minimum Gasteiger partial charge on any atom is -0.368 e. The molecule has 120 valence electrons. The Morgan fingerprint density at radius 3 is 2.10 bits per heavy atom. The van der Waals surface area contributed by atoms with Gasteiger partial charge in [-0.3, -0.25) is 14.4 Å². The Hall–Kier alpha value is -1.43. The molecule has 3 atom stereocenters. The van der Waals surface area contributed by atoms with Crippen LogP contribution in [0, 0.1) is 17.3 Å². The minimum atomic E-state index is -0.871. The summed E-state index contributed by atoms with van der Waals surface area (Å²) in [4.78, 5) is 36.1. The van der Waals surface area contributed by atoms with Crippen LogP contribution in [0.4, 0.5) is 0 Å². The van der Waals surface area contributed by atoms with E-state index in [9.17, 15) is 14.4 Å². The Morgan fingerprint density at radius 1 is 1.14 bits per heavy atom. The standard InChI is InChI=1S/C15H27N3O3/c1-15(2,3)12(19)9-6-4-5-7-10(9)14(21)18-11(8-16)13(17)20/h9-11H,4-8,16H2,1-3H3,(H2,17,20)(H,18,21)/t9-,10+,11+/m1/s1. The van der Waals surface area contributed by atoms with Crippen molar-refractivity contribution in [1.82, 2.24) is 5.32 Å². The molecule has 0 spiro atoms. The number of rotatable bonds is 5. The Morgan fingerprint density at radius 2 is 1.67 bits per heavy atom. The van der Waals surface area contributed by atoms with Crippen molar-refractivity contribution in [2.45, 2.75) is 52.5 Å². The summed E-state index contributed by atoms with van der Waals surface area (Å²) >= 11 is 0. The quantitative estimate of drug-likeness (QED) is 0.678. The maximum atomic E-state index is 12.5. The van der Waals surface area contributed by atoms with E-state index in [1.54, 1.807) is 0 Å². The lowest BCUT2D eigenvalue weighted by Gasteiger charge is -2.34. The zero-order valence-corrected chi connectivity index (χ0v) is 13.1. The monoisotopic (exact) mass is 297 g/mol. The molecule has 1 saturated carbocycles. The number of hydrogen-bond acceptors (Lipinski definition) is 4. The maximum absolute atomic E-state index is 12.5. The van der Waals surface area contributed by atoms with Gasteiger partial charge in [-0.1, -0.05) is 33.6 Å². The van der Waals surface area contributed by atoms with Crippen LogP contribution >= 0.6 is 0 Å². The predicted octanol–water partition coefficient (Wildman–Crippen LogP) is 0.337. The van der Waals surface area contributed by atoms with Crippen molar-refractivity contribution in [3.05, 3.63) is 0 Å². The van der Waals surface area contributed by atoms with E-state index >= 15 is 0 Å². The molecule has 6 heteroatoms. The van der Waals surface area contributed by atoms with Gasteiger partial charge >= 0.3 is 0 Å². The second-order valence-electron chi connectivity index (χ2n) is 6.81. The minimum absolute atomic E-state index is 0.0360. The highest BCUT2D eigenvalue weighted by atomic mass is 16.2. The molecule has 2 amide bonds. The van der Waals surface area contributed by atoms with Gasteiger partial charge in [0.05, 0.1) is 0 Å². The summed E-state index contributed by atoms with van der Waals surface area (Å²) in [7, 11) is 0. The van der Waals surface area contributed by atoms with E-state index in [-0.39, 0.29) is 30.1 Å². The topological polar surface area (TPSA) is 115 Å². The summed E-state index contributed by atoms with van der Waals surface area (Å²) in [5.74, 6) is -1.51. The molecule has 1 aliphatic rings. The third-order valence-electron chi connectivity index (χ3n) is 4.07. The molecular weight excluding hydrogens is 270 g/mol. The van der Waals surface area contributed by atoms with E-state index in [1.165, 1.54) is 0 Å². The molecule has 6 nitrogen and oxygen atoms in total. The fraction of sp³-hybridized carbons (Fsp3) is 0.800. The van der Waals surface area contributed by atoms with Crippen LogP contribution < -0.4 is 16.8 Å². The summed E-state index contributed by atoms with van der Waals surface area (Å²) in [6, 6.07) is -0.871. The number of carbonyl (C=O) groups excluding carboxylic acids is 3. The van der Waals surface area contributed by atoms with Crippen molar-refractivity contribution in [3.8, 4) is 0 Å². The van der Waals surface area contributed by atoms with Gasteiger partial charge in [-0.15, -0.1) is 0 Å². The Balaban J connectivity index is 2.84. The maximum Gasteiger partial charge on any atom is 0.241 e. The van der Waals surface area contributed by atoms with Gasteiger partial charge in [0.2, 0.25) is 11.8 Å². The molecule has 1 fully saturated rings. The molecule has 0 saturated heterocycles. The third kappa shape index (κ3) is 4.52. The van der Waals surface area contributed by atoms with Gasteiger partial charge in [-0.25, -0.2) is 0 Å². The Labute approximate surface area is 126 Å². The molecule has 21 heavy (non-hydrogen) atoms. The zero-order chi connectivity index (χ0) is 16.2. The zero-order valence-electron chi connectivity index (χ0n) is 13.1. The van der Waals surface area contributed by atoms with Crippen molar-refractivity contribution in [3.63, 3.8) is 0 Å².